The molecular formula is C11H18ClN3O3S. The molecule has 19 heavy (non-hydrogen) atoms. The van der Waals surface area contributed by atoms with Crippen LogP contribution in [0.5, 0.6) is 5.88 Å². The van der Waals surface area contributed by atoms with Gasteiger partial charge in [0.05, 0.1) is 13.3 Å². The number of methoxy groups -OCH3 is 1. The molecule has 6 nitrogen and oxygen atoms in total. The zero-order chi connectivity index (χ0) is 13.2. The highest BCUT2D eigenvalue weighted by Crippen LogP contribution is 2.19. The van der Waals surface area contributed by atoms with Crippen LogP contribution in [0.3, 0.4) is 0 Å². The minimum absolute atomic E-state index is 0. The number of sulfonamides is 1. The lowest BCUT2D eigenvalue weighted by Crippen LogP contribution is -2.52. The van der Waals surface area contributed by atoms with E-state index in [1.165, 1.54) is 23.7 Å². The Morgan fingerprint density at radius 3 is 2.74 bits per heavy atom. The number of hydrogen-bond donors (Lipinski definition) is 1. The molecule has 0 radical (unpaired) electrons. The van der Waals surface area contributed by atoms with Gasteiger partial charge < -0.3 is 10.1 Å². The minimum Gasteiger partial charge on any atom is -0.481 e. The average Bonchev–Trinajstić information content (AvgIpc) is 2.39. The first-order chi connectivity index (χ1) is 8.55. The van der Waals surface area contributed by atoms with Crippen molar-refractivity contribution in [3.63, 3.8) is 0 Å². The highest BCUT2D eigenvalue weighted by atomic mass is 35.5. The summed E-state index contributed by atoms with van der Waals surface area (Å²) in [4.78, 5) is 4.15. The second-order valence-corrected chi connectivity index (χ2v) is 6.10. The van der Waals surface area contributed by atoms with Crippen LogP contribution in [0, 0.1) is 0 Å². The van der Waals surface area contributed by atoms with E-state index in [1.807, 2.05) is 6.92 Å². The standard InChI is InChI=1S/C11H17N3O3S.ClH/c1-9-7-12-5-6-14(9)18(15,16)10-3-4-11(17-2)13-8-10;/h3-4,8-9,12H,5-7H2,1-2H3;1H. The molecule has 1 saturated heterocycles. The molecule has 1 aliphatic heterocycles. The molecule has 0 bridgehead atoms. The topological polar surface area (TPSA) is 71.5 Å². The van der Waals surface area contributed by atoms with Gasteiger partial charge in [0, 0.05) is 31.7 Å². The summed E-state index contributed by atoms with van der Waals surface area (Å²) >= 11 is 0. The van der Waals surface area contributed by atoms with Crippen molar-refractivity contribution >= 4 is 22.4 Å². The maximum absolute atomic E-state index is 12.4. The fraction of sp³-hybridized carbons (Fsp3) is 0.545. The molecule has 1 aliphatic rings. The molecule has 8 heteroatoms. The van der Waals surface area contributed by atoms with E-state index >= 15 is 0 Å². The second kappa shape index (κ2) is 6.51. The number of nitrogens with zero attached hydrogens (tertiary/aromatic N) is 2. The van der Waals surface area contributed by atoms with Gasteiger partial charge in [0.25, 0.3) is 0 Å². The number of ether oxygens (including phenoxy) is 1. The molecule has 0 aromatic carbocycles. The maximum atomic E-state index is 12.4. The Balaban J connectivity index is 0.00000180. The summed E-state index contributed by atoms with van der Waals surface area (Å²) in [5.74, 6) is 0.405. The van der Waals surface area contributed by atoms with E-state index in [-0.39, 0.29) is 23.3 Å². The van der Waals surface area contributed by atoms with E-state index in [2.05, 4.69) is 10.3 Å². The van der Waals surface area contributed by atoms with Gasteiger partial charge in [-0.1, -0.05) is 0 Å². The van der Waals surface area contributed by atoms with E-state index < -0.39 is 10.0 Å². The SMILES string of the molecule is COc1ccc(S(=O)(=O)N2CCNCC2C)cn1.Cl. The molecule has 1 fully saturated rings. The lowest BCUT2D eigenvalue weighted by Gasteiger charge is -2.32. The van der Waals surface area contributed by atoms with Crippen LogP contribution in [0.1, 0.15) is 6.92 Å². The molecular weight excluding hydrogens is 290 g/mol. The van der Waals surface area contributed by atoms with Crippen molar-refractivity contribution in [2.75, 3.05) is 26.7 Å². The van der Waals surface area contributed by atoms with Crippen molar-refractivity contribution < 1.29 is 13.2 Å². The van der Waals surface area contributed by atoms with Gasteiger partial charge in [0.2, 0.25) is 15.9 Å². The van der Waals surface area contributed by atoms with Crippen LogP contribution in [0.2, 0.25) is 0 Å². The normalized spacial score (nSPS) is 20.6. The maximum Gasteiger partial charge on any atom is 0.244 e. The van der Waals surface area contributed by atoms with Crippen LogP contribution in [0.25, 0.3) is 0 Å². The summed E-state index contributed by atoms with van der Waals surface area (Å²) in [6, 6.07) is 3.03. The number of halogens is 1. The highest BCUT2D eigenvalue weighted by molar-refractivity contribution is 7.89. The average molecular weight is 308 g/mol. The van der Waals surface area contributed by atoms with Gasteiger partial charge in [-0.15, -0.1) is 12.4 Å². The van der Waals surface area contributed by atoms with Crippen LogP contribution in [-0.4, -0.2) is 50.5 Å². The number of nitrogens with one attached hydrogen (secondary N) is 1. The summed E-state index contributed by atoms with van der Waals surface area (Å²) in [5.41, 5.74) is 0. The van der Waals surface area contributed by atoms with E-state index in [0.717, 1.165) is 0 Å². The van der Waals surface area contributed by atoms with E-state index in [4.69, 9.17) is 4.74 Å². The first-order valence-corrected chi connectivity index (χ1v) is 7.22. The van der Waals surface area contributed by atoms with Crippen LogP contribution in [-0.2, 0) is 10.0 Å². The summed E-state index contributed by atoms with van der Waals surface area (Å²) in [6.45, 7) is 3.71. The zero-order valence-corrected chi connectivity index (χ0v) is 12.5. The zero-order valence-electron chi connectivity index (χ0n) is 10.9. The number of rotatable bonds is 3. The molecule has 108 valence electrons. The molecule has 1 atom stereocenters. The molecule has 0 aliphatic carbocycles. The molecule has 1 aromatic heterocycles. The van der Waals surface area contributed by atoms with Crippen LogP contribution in [0.4, 0.5) is 0 Å². The van der Waals surface area contributed by atoms with Gasteiger partial charge >= 0.3 is 0 Å². The monoisotopic (exact) mass is 307 g/mol. The first-order valence-electron chi connectivity index (χ1n) is 5.78. The molecule has 2 heterocycles. The highest BCUT2D eigenvalue weighted by Gasteiger charge is 2.30. The number of piperazine rings is 1. The predicted molar refractivity (Wildman–Crippen MR) is 74.3 cm³/mol. The molecule has 0 amide bonds. The Morgan fingerprint density at radius 2 is 2.21 bits per heavy atom. The summed E-state index contributed by atoms with van der Waals surface area (Å²) < 4.78 is 31.3. The van der Waals surface area contributed by atoms with E-state index in [9.17, 15) is 8.42 Å². The largest absolute Gasteiger partial charge is 0.481 e. The van der Waals surface area contributed by atoms with Crippen LogP contribution in [0.15, 0.2) is 23.2 Å². The van der Waals surface area contributed by atoms with Gasteiger partial charge in [-0.3, -0.25) is 0 Å². The lowest BCUT2D eigenvalue weighted by molar-refractivity contribution is 0.283. The van der Waals surface area contributed by atoms with Crippen molar-refractivity contribution in [1.82, 2.24) is 14.6 Å². The number of aromatic nitrogens is 1. The Morgan fingerprint density at radius 1 is 1.47 bits per heavy atom. The Kier molecular flexibility index (Phi) is 5.54. The Labute approximate surface area is 119 Å². The van der Waals surface area contributed by atoms with Gasteiger partial charge in [0.1, 0.15) is 4.90 Å². The fourth-order valence-electron chi connectivity index (χ4n) is 1.95. The Bertz CT molecular complexity index is 506. The third-order valence-electron chi connectivity index (χ3n) is 2.97. The summed E-state index contributed by atoms with van der Waals surface area (Å²) in [6.07, 6.45) is 1.34. The quantitative estimate of drug-likeness (QED) is 0.880. The molecule has 1 aromatic rings. The van der Waals surface area contributed by atoms with Gasteiger partial charge in [-0.2, -0.15) is 4.31 Å². The Hall–Kier alpha value is -0.890. The number of hydrogen-bond acceptors (Lipinski definition) is 5. The molecule has 0 spiro atoms. The fourth-order valence-corrected chi connectivity index (χ4v) is 3.53. The molecule has 0 saturated carbocycles. The lowest BCUT2D eigenvalue weighted by atomic mass is 10.3. The van der Waals surface area contributed by atoms with E-state index in [0.29, 0.717) is 25.5 Å². The van der Waals surface area contributed by atoms with Crippen molar-refractivity contribution in [3.05, 3.63) is 18.3 Å². The smallest absolute Gasteiger partial charge is 0.244 e. The predicted octanol–water partition coefficient (Wildman–Crippen LogP) is 0.494. The van der Waals surface area contributed by atoms with Crippen LogP contribution < -0.4 is 10.1 Å². The van der Waals surface area contributed by atoms with Crippen molar-refractivity contribution in [2.45, 2.75) is 17.9 Å². The summed E-state index contributed by atoms with van der Waals surface area (Å²) in [7, 11) is -1.97. The summed E-state index contributed by atoms with van der Waals surface area (Å²) in [5, 5.41) is 3.16. The molecule has 1 unspecified atom stereocenters. The first kappa shape index (κ1) is 16.2. The molecule has 2 rings (SSSR count). The van der Waals surface area contributed by atoms with Crippen LogP contribution >= 0.6 is 12.4 Å². The van der Waals surface area contributed by atoms with Crippen molar-refractivity contribution in [3.8, 4) is 5.88 Å². The van der Waals surface area contributed by atoms with Gasteiger partial charge in [-0.25, -0.2) is 13.4 Å². The number of pyridine rings is 1. The van der Waals surface area contributed by atoms with Gasteiger partial charge in [-0.05, 0) is 13.0 Å². The second-order valence-electron chi connectivity index (χ2n) is 4.21. The third-order valence-corrected chi connectivity index (χ3v) is 4.96. The minimum atomic E-state index is -3.46. The van der Waals surface area contributed by atoms with Crippen molar-refractivity contribution in [1.29, 1.82) is 0 Å². The third kappa shape index (κ3) is 3.36. The van der Waals surface area contributed by atoms with E-state index in [1.54, 1.807) is 6.07 Å². The van der Waals surface area contributed by atoms with Crippen molar-refractivity contribution in [2.24, 2.45) is 0 Å². The molecule has 1 N–H and O–H groups in total. The van der Waals surface area contributed by atoms with Gasteiger partial charge in [0.15, 0.2) is 0 Å².